The van der Waals surface area contributed by atoms with E-state index in [1.807, 2.05) is 26.1 Å². The van der Waals surface area contributed by atoms with Crippen molar-refractivity contribution in [2.24, 2.45) is 0 Å². The summed E-state index contributed by atoms with van der Waals surface area (Å²) in [6.45, 7) is 5.94. The fraction of sp³-hybridized carbons (Fsp3) is 0.474. The Balaban J connectivity index is 1.53. The third-order valence-corrected chi connectivity index (χ3v) is 5.87. The van der Waals surface area contributed by atoms with Crippen LogP contribution in [-0.2, 0) is 0 Å². The summed E-state index contributed by atoms with van der Waals surface area (Å²) in [5, 5.41) is 19.2. The summed E-state index contributed by atoms with van der Waals surface area (Å²) in [5.41, 5.74) is 3.34. The van der Waals surface area contributed by atoms with Gasteiger partial charge in [-0.2, -0.15) is 4.98 Å². The van der Waals surface area contributed by atoms with Gasteiger partial charge in [-0.1, -0.05) is 17.4 Å². The molecule has 8 heteroatoms. The number of aromatic nitrogens is 3. The summed E-state index contributed by atoms with van der Waals surface area (Å²) >= 11 is 1.56. The zero-order valence-corrected chi connectivity index (χ0v) is 16.4. The predicted molar refractivity (Wildman–Crippen MR) is 107 cm³/mol. The molecule has 3 aromatic rings. The van der Waals surface area contributed by atoms with Crippen LogP contribution in [0.2, 0.25) is 0 Å². The van der Waals surface area contributed by atoms with Crippen molar-refractivity contribution < 1.29 is 9.50 Å². The van der Waals surface area contributed by atoms with Gasteiger partial charge in [0.1, 0.15) is 18.1 Å². The average Bonchev–Trinajstić information content (AvgIpc) is 3.13. The molecule has 0 bridgehead atoms. The molecule has 6 nitrogen and oxygen atoms in total. The average molecular weight is 390 g/mol. The Bertz CT molecular complexity index is 896. The molecule has 2 aromatic heterocycles. The van der Waals surface area contributed by atoms with E-state index in [1.54, 1.807) is 22.1 Å². The molecular weight excluding hydrogens is 365 g/mol. The van der Waals surface area contributed by atoms with E-state index in [-0.39, 0.29) is 18.5 Å². The third kappa shape index (κ3) is 3.77. The second-order valence-electron chi connectivity index (χ2n) is 7.20. The monoisotopic (exact) mass is 389 g/mol. The SMILES string of the molecule is Cc1cc(C)c(-n2cc3sc(N[C@@H]4CCCN(CCF)C4)nc3n2)c(O)c1. The molecule has 0 saturated carbocycles. The third-order valence-electron chi connectivity index (χ3n) is 4.96. The quantitative estimate of drug-likeness (QED) is 0.697. The molecule has 27 heavy (non-hydrogen) atoms. The van der Waals surface area contributed by atoms with Crippen molar-refractivity contribution in [2.75, 3.05) is 31.6 Å². The van der Waals surface area contributed by atoms with E-state index < -0.39 is 0 Å². The Kier molecular flexibility index (Phi) is 5.01. The summed E-state index contributed by atoms with van der Waals surface area (Å²) in [7, 11) is 0. The molecule has 1 aromatic carbocycles. The number of nitrogens with one attached hydrogen (secondary N) is 1. The number of phenols is 1. The van der Waals surface area contributed by atoms with Crippen molar-refractivity contribution >= 4 is 26.8 Å². The zero-order valence-electron chi connectivity index (χ0n) is 15.6. The first kappa shape index (κ1) is 18.2. The molecule has 1 fully saturated rings. The lowest BCUT2D eigenvalue weighted by atomic mass is 10.1. The first-order valence-corrected chi connectivity index (χ1v) is 10.1. The molecule has 1 aliphatic rings. The van der Waals surface area contributed by atoms with Crippen molar-refractivity contribution in [2.45, 2.75) is 32.7 Å². The number of aromatic hydroxyl groups is 1. The number of anilines is 1. The number of phenolic OH excluding ortho intramolecular Hbond substituents is 1. The number of alkyl halides is 1. The molecule has 1 atom stereocenters. The van der Waals surface area contributed by atoms with Gasteiger partial charge in [0.25, 0.3) is 0 Å². The minimum absolute atomic E-state index is 0.219. The van der Waals surface area contributed by atoms with Gasteiger partial charge in [-0.3, -0.25) is 4.90 Å². The molecule has 1 aliphatic heterocycles. The molecule has 1 saturated heterocycles. The highest BCUT2D eigenvalue weighted by Gasteiger charge is 2.21. The smallest absolute Gasteiger partial charge is 0.194 e. The van der Waals surface area contributed by atoms with E-state index in [4.69, 9.17) is 0 Å². The second-order valence-corrected chi connectivity index (χ2v) is 8.23. The summed E-state index contributed by atoms with van der Waals surface area (Å²) in [4.78, 5) is 6.76. The van der Waals surface area contributed by atoms with Crippen LogP contribution in [0.15, 0.2) is 18.3 Å². The van der Waals surface area contributed by atoms with Crippen LogP contribution in [0.25, 0.3) is 16.0 Å². The minimum atomic E-state index is -0.298. The molecule has 0 aliphatic carbocycles. The Morgan fingerprint density at radius 2 is 2.22 bits per heavy atom. The Labute approximate surface area is 161 Å². The first-order chi connectivity index (χ1) is 13.0. The minimum Gasteiger partial charge on any atom is -0.506 e. The van der Waals surface area contributed by atoms with Crippen molar-refractivity contribution in [3.63, 3.8) is 0 Å². The molecule has 0 amide bonds. The van der Waals surface area contributed by atoms with E-state index in [2.05, 4.69) is 20.3 Å². The number of hydrogen-bond acceptors (Lipinski definition) is 6. The lowest BCUT2D eigenvalue weighted by molar-refractivity contribution is 0.200. The van der Waals surface area contributed by atoms with Crippen molar-refractivity contribution in [1.82, 2.24) is 19.7 Å². The van der Waals surface area contributed by atoms with Crippen LogP contribution in [-0.4, -0.2) is 57.1 Å². The number of piperidine rings is 1. The van der Waals surface area contributed by atoms with Gasteiger partial charge in [0.15, 0.2) is 10.8 Å². The lowest BCUT2D eigenvalue weighted by Crippen LogP contribution is -2.42. The lowest BCUT2D eigenvalue weighted by Gasteiger charge is -2.32. The maximum atomic E-state index is 12.6. The van der Waals surface area contributed by atoms with Crippen LogP contribution in [0.1, 0.15) is 24.0 Å². The van der Waals surface area contributed by atoms with Gasteiger partial charge in [-0.15, -0.1) is 5.10 Å². The normalized spacial score (nSPS) is 18.3. The maximum absolute atomic E-state index is 12.6. The summed E-state index contributed by atoms with van der Waals surface area (Å²) in [6, 6.07) is 4.05. The molecule has 0 radical (unpaired) electrons. The largest absolute Gasteiger partial charge is 0.506 e. The number of likely N-dealkylation sites (tertiary alicyclic amines) is 1. The molecule has 2 N–H and O–H groups in total. The number of thiazole rings is 1. The molecular formula is C19H24FN5OS. The highest BCUT2D eigenvalue weighted by molar-refractivity contribution is 7.22. The van der Waals surface area contributed by atoms with Gasteiger partial charge >= 0.3 is 0 Å². The summed E-state index contributed by atoms with van der Waals surface area (Å²) in [5.74, 6) is 0.219. The number of hydrogen-bond donors (Lipinski definition) is 2. The molecule has 0 unspecified atom stereocenters. The van der Waals surface area contributed by atoms with Crippen LogP contribution in [0.4, 0.5) is 9.52 Å². The van der Waals surface area contributed by atoms with Crippen LogP contribution >= 0.6 is 11.3 Å². The topological polar surface area (TPSA) is 66.2 Å². The number of rotatable bonds is 5. The van der Waals surface area contributed by atoms with Gasteiger partial charge in [0, 0.05) is 19.1 Å². The number of fused-ring (bicyclic) bond motifs is 1. The van der Waals surface area contributed by atoms with Crippen molar-refractivity contribution in [3.05, 3.63) is 29.5 Å². The standard InChI is InChI=1S/C19H24FN5OS/c1-12-8-13(2)17(15(26)9-12)25-11-16-18(23-25)22-19(27-16)21-14-4-3-6-24(10-14)7-5-20/h8-9,11,14,26H,3-7,10H2,1-2H3,(H,21,22,23)/t14-/m1/s1. The number of halogens is 1. The van der Waals surface area contributed by atoms with E-state index in [0.717, 1.165) is 46.9 Å². The van der Waals surface area contributed by atoms with Crippen LogP contribution in [0.3, 0.4) is 0 Å². The van der Waals surface area contributed by atoms with E-state index in [1.165, 1.54) is 0 Å². The predicted octanol–water partition coefficient (Wildman–Crippen LogP) is 3.65. The van der Waals surface area contributed by atoms with Crippen LogP contribution in [0.5, 0.6) is 5.75 Å². The van der Waals surface area contributed by atoms with E-state index in [9.17, 15) is 9.50 Å². The Morgan fingerprint density at radius 1 is 1.37 bits per heavy atom. The Hall–Kier alpha value is -2.19. The number of aryl methyl sites for hydroxylation is 2. The number of benzene rings is 1. The van der Waals surface area contributed by atoms with Gasteiger partial charge in [0.05, 0.1) is 10.9 Å². The molecule has 144 valence electrons. The van der Waals surface area contributed by atoms with Gasteiger partial charge in [-0.25, -0.2) is 9.07 Å². The van der Waals surface area contributed by atoms with Gasteiger partial charge in [0.2, 0.25) is 0 Å². The first-order valence-electron chi connectivity index (χ1n) is 9.25. The zero-order chi connectivity index (χ0) is 19.0. The summed E-state index contributed by atoms with van der Waals surface area (Å²) < 4.78 is 15.3. The fourth-order valence-electron chi connectivity index (χ4n) is 3.80. The Morgan fingerprint density at radius 3 is 2.96 bits per heavy atom. The van der Waals surface area contributed by atoms with Crippen LogP contribution < -0.4 is 5.32 Å². The van der Waals surface area contributed by atoms with Crippen molar-refractivity contribution in [1.29, 1.82) is 0 Å². The van der Waals surface area contributed by atoms with Gasteiger partial charge < -0.3 is 10.4 Å². The fourth-order valence-corrected chi connectivity index (χ4v) is 4.70. The van der Waals surface area contributed by atoms with Crippen LogP contribution in [0, 0.1) is 13.8 Å². The van der Waals surface area contributed by atoms with E-state index in [0.29, 0.717) is 17.9 Å². The summed E-state index contributed by atoms with van der Waals surface area (Å²) in [6.07, 6.45) is 4.04. The second kappa shape index (κ2) is 7.44. The maximum Gasteiger partial charge on any atom is 0.194 e. The van der Waals surface area contributed by atoms with Gasteiger partial charge in [-0.05, 0) is 50.4 Å². The highest BCUT2D eigenvalue weighted by Crippen LogP contribution is 2.31. The highest BCUT2D eigenvalue weighted by atomic mass is 32.1. The van der Waals surface area contributed by atoms with Crippen molar-refractivity contribution in [3.8, 4) is 11.4 Å². The molecule has 0 spiro atoms. The van der Waals surface area contributed by atoms with E-state index >= 15 is 0 Å². The molecule has 3 heterocycles. The molecule has 4 rings (SSSR count). The number of nitrogens with zero attached hydrogens (tertiary/aromatic N) is 4.